The van der Waals surface area contributed by atoms with Crippen LogP contribution in [0.25, 0.3) is 0 Å². The van der Waals surface area contributed by atoms with Crippen molar-refractivity contribution in [2.75, 3.05) is 33.2 Å². The van der Waals surface area contributed by atoms with Gasteiger partial charge in [-0.05, 0) is 67.6 Å². The number of alkyl halides is 3. The Balaban J connectivity index is 1.40. The third-order valence-electron chi connectivity index (χ3n) is 9.22. The minimum absolute atomic E-state index is 0.0198. The highest BCUT2D eigenvalue weighted by Crippen LogP contribution is 2.54. The molecule has 5 rings (SSSR count). The van der Waals surface area contributed by atoms with E-state index in [4.69, 9.17) is 16.3 Å². The van der Waals surface area contributed by atoms with Crippen molar-refractivity contribution >= 4 is 29.4 Å². The Bertz CT molecular complexity index is 1330. The molecule has 2 saturated heterocycles. The second kappa shape index (κ2) is 11.5. The lowest BCUT2D eigenvalue weighted by atomic mass is 9.66. The summed E-state index contributed by atoms with van der Waals surface area (Å²) in [7, 11) is 1.47. The molecular formula is C30H32ClF4N3O4. The van der Waals surface area contributed by atoms with Crippen LogP contribution in [0.15, 0.2) is 48.5 Å². The van der Waals surface area contributed by atoms with Gasteiger partial charge in [-0.3, -0.25) is 14.5 Å². The quantitative estimate of drug-likeness (QED) is 0.433. The van der Waals surface area contributed by atoms with Crippen LogP contribution in [0.1, 0.15) is 43.6 Å². The summed E-state index contributed by atoms with van der Waals surface area (Å²) in [5, 5.41) is 3.75. The standard InChI is InChI=1S/C30H32ClF4N3O4/c1-37(27(41)42-23-9-7-22(32)8-10-23)29(18-36-17-24(29)19-3-5-21(31)6-4-19)25(39)20-11-15-38(16-12-20)26(40)28(13-2-14-28)30(33,34)35/h3-10,20,24,36H,2,11-18H2,1H3/t24-,29+/m0/s1. The first kappa shape index (κ1) is 30.3. The van der Waals surface area contributed by atoms with E-state index >= 15 is 0 Å². The zero-order valence-corrected chi connectivity index (χ0v) is 23.8. The van der Waals surface area contributed by atoms with Gasteiger partial charge in [-0.25, -0.2) is 9.18 Å². The lowest BCUT2D eigenvalue weighted by Crippen LogP contribution is -2.63. The van der Waals surface area contributed by atoms with Crippen molar-refractivity contribution in [3.63, 3.8) is 0 Å². The third kappa shape index (κ3) is 5.25. The third-order valence-corrected chi connectivity index (χ3v) is 9.47. The smallest absolute Gasteiger partial charge is 0.410 e. The highest BCUT2D eigenvalue weighted by atomic mass is 35.5. The highest BCUT2D eigenvalue weighted by molar-refractivity contribution is 6.30. The van der Waals surface area contributed by atoms with E-state index in [-0.39, 0.29) is 56.9 Å². The summed E-state index contributed by atoms with van der Waals surface area (Å²) in [6.07, 6.45) is -5.17. The van der Waals surface area contributed by atoms with Crippen LogP contribution in [-0.4, -0.2) is 72.5 Å². The maximum atomic E-state index is 14.5. The fraction of sp³-hybridized carbons (Fsp3) is 0.500. The molecule has 0 spiro atoms. The van der Waals surface area contributed by atoms with Gasteiger partial charge < -0.3 is 15.0 Å². The molecule has 3 aliphatic rings. The van der Waals surface area contributed by atoms with Gasteiger partial charge in [0.15, 0.2) is 5.78 Å². The van der Waals surface area contributed by atoms with E-state index in [0.717, 1.165) is 17.7 Å². The Kier molecular flexibility index (Phi) is 8.28. The molecule has 3 fully saturated rings. The molecule has 226 valence electrons. The maximum absolute atomic E-state index is 14.5. The number of rotatable bonds is 6. The number of piperidine rings is 1. The number of nitrogens with one attached hydrogen (secondary N) is 1. The average Bonchev–Trinajstić information content (AvgIpc) is 3.38. The normalized spacial score (nSPS) is 24.1. The molecule has 2 amide bonds. The molecule has 2 atom stereocenters. The topological polar surface area (TPSA) is 79.0 Å². The molecule has 1 aliphatic carbocycles. The van der Waals surface area contributed by atoms with Crippen LogP contribution in [0.3, 0.4) is 0 Å². The van der Waals surface area contributed by atoms with Gasteiger partial charge in [-0.15, -0.1) is 0 Å². The summed E-state index contributed by atoms with van der Waals surface area (Å²) in [6, 6.07) is 11.9. The van der Waals surface area contributed by atoms with Crippen molar-refractivity contribution in [2.24, 2.45) is 11.3 Å². The molecule has 0 unspecified atom stereocenters. The van der Waals surface area contributed by atoms with Crippen LogP contribution in [0.4, 0.5) is 22.4 Å². The largest absolute Gasteiger partial charge is 0.415 e. The number of halogens is 5. The van der Waals surface area contributed by atoms with E-state index in [2.05, 4.69) is 5.32 Å². The van der Waals surface area contributed by atoms with Crippen LogP contribution >= 0.6 is 11.6 Å². The van der Waals surface area contributed by atoms with Crippen molar-refractivity contribution in [1.29, 1.82) is 0 Å². The lowest BCUT2D eigenvalue weighted by Gasteiger charge is -2.47. The van der Waals surface area contributed by atoms with Crippen LogP contribution in [0.5, 0.6) is 5.75 Å². The second-order valence-electron chi connectivity index (χ2n) is 11.4. The van der Waals surface area contributed by atoms with Crippen LogP contribution < -0.4 is 10.1 Å². The summed E-state index contributed by atoms with van der Waals surface area (Å²) in [4.78, 5) is 43.4. The number of ether oxygens (including phenoxy) is 1. The molecule has 1 N–H and O–H groups in total. The number of likely N-dealkylation sites (N-methyl/N-ethyl adjacent to an activating group) is 1. The zero-order chi connectivity index (χ0) is 30.3. The number of nitrogens with zero attached hydrogens (tertiary/aromatic N) is 2. The van der Waals surface area contributed by atoms with Crippen LogP contribution in [0, 0.1) is 17.2 Å². The van der Waals surface area contributed by atoms with Gasteiger partial charge in [-0.1, -0.05) is 30.2 Å². The zero-order valence-electron chi connectivity index (χ0n) is 23.1. The molecule has 2 heterocycles. The summed E-state index contributed by atoms with van der Waals surface area (Å²) < 4.78 is 60.3. The monoisotopic (exact) mass is 609 g/mol. The van der Waals surface area contributed by atoms with Gasteiger partial charge in [-0.2, -0.15) is 13.2 Å². The number of carbonyl (C=O) groups is 3. The molecular weight excluding hydrogens is 578 g/mol. The molecule has 42 heavy (non-hydrogen) atoms. The number of amides is 2. The van der Waals surface area contributed by atoms with Crippen molar-refractivity contribution in [1.82, 2.24) is 15.1 Å². The van der Waals surface area contributed by atoms with E-state index in [1.807, 2.05) is 0 Å². The summed E-state index contributed by atoms with van der Waals surface area (Å²) in [6.45, 7) is 0.523. The molecule has 0 aromatic heterocycles. The van der Waals surface area contributed by atoms with E-state index in [0.29, 0.717) is 18.0 Å². The predicted molar refractivity (Wildman–Crippen MR) is 147 cm³/mol. The number of hydrogen-bond acceptors (Lipinski definition) is 5. The minimum Gasteiger partial charge on any atom is -0.410 e. The predicted octanol–water partition coefficient (Wildman–Crippen LogP) is 5.58. The van der Waals surface area contributed by atoms with Gasteiger partial charge >= 0.3 is 12.3 Å². The molecule has 0 bridgehead atoms. The maximum Gasteiger partial charge on any atom is 0.415 e. The van der Waals surface area contributed by atoms with Crippen molar-refractivity contribution < 1.29 is 36.7 Å². The average molecular weight is 610 g/mol. The fourth-order valence-electron chi connectivity index (χ4n) is 6.55. The highest BCUT2D eigenvalue weighted by Gasteiger charge is 2.64. The number of benzene rings is 2. The van der Waals surface area contributed by atoms with E-state index in [1.165, 1.54) is 29.0 Å². The Morgan fingerprint density at radius 3 is 2.19 bits per heavy atom. The number of carbonyl (C=O) groups excluding carboxylic acids is 3. The first-order chi connectivity index (χ1) is 19.9. The Morgan fingerprint density at radius 2 is 1.64 bits per heavy atom. The molecule has 0 radical (unpaired) electrons. The molecule has 2 aromatic rings. The van der Waals surface area contributed by atoms with Gasteiger partial charge in [0.05, 0.1) is 0 Å². The van der Waals surface area contributed by atoms with Crippen molar-refractivity contribution in [3.8, 4) is 5.75 Å². The van der Waals surface area contributed by atoms with E-state index < -0.39 is 46.8 Å². The SMILES string of the molecule is CN(C(=O)Oc1ccc(F)cc1)[C@]1(C(=O)C2CCN(C(=O)C3(C(F)(F)F)CCC3)CC2)CNC[C@H]1c1ccc(Cl)cc1. The molecule has 2 aromatic carbocycles. The number of ketones is 1. The molecule has 7 nitrogen and oxygen atoms in total. The first-order valence-electron chi connectivity index (χ1n) is 14.0. The second-order valence-corrected chi connectivity index (χ2v) is 11.8. The van der Waals surface area contributed by atoms with E-state index in [1.54, 1.807) is 24.3 Å². The lowest BCUT2D eigenvalue weighted by molar-refractivity contribution is -0.249. The van der Waals surface area contributed by atoms with Gasteiger partial charge in [0.2, 0.25) is 5.91 Å². The fourth-order valence-corrected chi connectivity index (χ4v) is 6.67. The van der Waals surface area contributed by atoms with Crippen molar-refractivity contribution in [2.45, 2.75) is 49.7 Å². The molecule has 1 saturated carbocycles. The summed E-state index contributed by atoms with van der Waals surface area (Å²) in [5.74, 6) is -2.66. The van der Waals surface area contributed by atoms with Crippen molar-refractivity contribution in [3.05, 3.63) is 64.9 Å². The minimum atomic E-state index is -4.62. The number of likely N-dealkylation sites (tertiary alicyclic amines) is 1. The van der Waals surface area contributed by atoms with Crippen LogP contribution in [-0.2, 0) is 9.59 Å². The molecule has 2 aliphatic heterocycles. The van der Waals surface area contributed by atoms with E-state index in [9.17, 15) is 31.9 Å². The number of Topliss-reactive ketones (excluding diaryl/α,β-unsaturated/α-hetero) is 1. The van der Waals surface area contributed by atoms with Crippen LogP contribution in [0.2, 0.25) is 5.02 Å². The summed E-state index contributed by atoms with van der Waals surface area (Å²) in [5.41, 5.74) is -2.96. The van der Waals surface area contributed by atoms with Gasteiger partial charge in [0, 0.05) is 50.1 Å². The Morgan fingerprint density at radius 1 is 1.02 bits per heavy atom. The summed E-state index contributed by atoms with van der Waals surface area (Å²) >= 11 is 6.11. The number of hydrogen-bond donors (Lipinski definition) is 1. The Hall–Kier alpha value is -3.18. The molecule has 12 heteroatoms. The van der Waals surface area contributed by atoms with Gasteiger partial charge in [0.25, 0.3) is 0 Å². The Labute approximate surface area is 246 Å². The first-order valence-corrected chi connectivity index (χ1v) is 14.3. The van der Waals surface area contributed by atoms with Gasteiger partial charge in [0.1, 0.15) is 22.5 Å².